The van der Waals surface area contributed by atoms with Crippen LogP contribution < -0.4 is 5.32 Å². The molecule has 1 heterocycles. The van der Waals surface area contributed by atoms with Crippen molar-refractivity contribution in [3.63, 3.8) is 0 Å². The van der Waals surface area contributed by atoms with Crippen molar-refractivity contribution < 1.29 is 14.7 Å². The zero-order valence-electron chi connectivity index (χ0n) is 10.8. The molecule has 0 bridgehead atoms. The molecule has 2 aromatic rings. The van der Waals surface area contributed by atoms with Gasteiger partial charge in [-0.15, -0.1) is 0 Å². The summed E-state index contributed by atoms with van der Waals surface area (Å²) in [5.41, 5.74) is 1.15. The fraction of sp³-hybridized carbons (Fsp3) is 0. The lowest BCUT2D eigenvalue weighted by molar-refractivity contribution is -0.111. The van der Waals surface area contributed by atoms with Crippen molar-refractivity contribution in [2.24, 2.45) is 0 Å². The molecule has 0 aliphatic heterocycles. The van der Waals surface area contributed by atoms with Crippen LogP contribution in [0.25, 0.3) is 6.08 Å². The predicted octanol–water partition coefficient (Wildman–Crippen LogP) is 3.19. The second-order valence-corrected chi connectivity index (χ2v) is 5.02. The van der Waals surface area contributed by atoms with E-state index in [4.69, 9.17) is 5.11 Å². The Balaban J connectivity index is 2.03. The third-order valence-corrected chi connectivity index (χ3v) is 3.07. The first-order chi connectivity index (χ1) is 10.0. The standard InChI is InChI=1S/C15H11BrN2O3/c16-11-4-1-10(2-5-11)3-6-14(19)18-12-7-8-17-13(9-12)15(20)21/h1-9H,(H,20,21)(H,17,18,19). The molecule has 6 heteroatoms. The molecule has 5 nitrogen and oxygen atoms in total. The molecule has 2 rings (SSSR count). The van der Waals surface area contributed by atoms with Crippen LogP contribution >= 0.6 is 15.9 Å². The number of nitrogens with one attached hydrogen (secondary N) is 1. The fourth-order valence-corrected chi connectivity index (χ4v) is 1.82. The second-order valence-electron chi connectivity index (χ2n) is 4.11. The predicted molar refractivity (Wildman–Crippen MR) is 83.0 cm³/mol. The number of anilines is 1. The number of amides is 1. The van der Waals surface area contributed by atoms with Gasteiger partial charge >= 0.3 is 5.97 Å². The number of carbonyl (C=O) groups is 2. The van der Waals surface area contributed by atoms with E-state index in [0.717, 1.165) is 10.0 Å². The summed E-state index contributed by atoms with van der Waals surface area (Å²) in [5, 5.41) is 11.4. The highest BCUT2D eigenvalue weighted by Crippen LogP contribution is 2.12. The van der Waals surface area contributed by atoms with Gasteiger partial charge < -0.3 is 10.4 Å². The Labute approximate surface area is 129 Å². The Morgan fingerprint density at radius 1 is 1.19 bits per heavy atom. The highest BCUT2D eigenvalue weighted by atomic mass is 79.9. The Hall–Kier alpha value is -2.47. The molecule has 0 aliphatic carbocycles. The van der Waals surface area contributed by atoms with E-state index in [-0.39, 0.29) is 11.6 Å². The molecule has 0 spiro atoms. The topological polar surface area (TPSA) is 79.3 Å². The number of aromatic carboxylic acids is 1. The Morgan fingerprint density at radius 3 is 2.57 bits per heavy atom. The molecular weight excluding hydrogens is 336 g/mol. The van der Waals surface area contributed by atoms with Crippen molar-refractivity contribution >= 4 is 39.6 Å². The van der Waals surface area contributed by atoms with Gasteiger partial charge in [0.05, 0.1) is 0 Å². The molecule has 0 saturated heterocycles. The quantitative estimate of drug-likeness (QED) is 0.833. The van der Waals surface area contributed by atoms with E-state index in [0.29, 0.717) is 5.69 Å². The summed E-state index contributed by atoms with van der Waals surface area (Å²) < 4.78 is 0.960. The van der Waals surface area contributed by atoms with Crippen molar-refractivity contribution in [1.29, 1.82) is 0 Å². The molecule has 21 heavy (non-hydrogen) atoms. The number of carboxylic acid groups (broad SMARTS) is 1. The molecule has 2 N–H and O–H groups in total. The van der Waals surface area contributed by atoms with Gasteiger partial charge in [-0.2, -0.15) is 0 Å². The molecular formula is C15H11BrN2O3. The van der Waals surface area contributed by atoms with Gasteiger partial charge in [-0.3, -0.25) is 4.79 Å². The van der Waals surface area contributed by atoms with Gasteiger partial charge in [-0.05, 0) is 35.9 Å². The number of halogens is 1. The molecule has 0 unspecified atom stereocenters. The summed E-state index contributed by atoms with van der Waals surface area (Å²) in [6.45, 7) is 0. The normalized spacial score (nSPS) is 10.5. The summed E-state index contributed by atoms with van der Waals surface area (Å²) >= 11 is 3.33. The zero-order valence-corrected chi connectivity index (χ0v) is 12.4. The zero-order chi connectivity index (χ0) is 15.2. The van der Waals surface area contributed by atoms with Crippen LogP contribution in [0.5, 0.6) is 0 Å². The van der Waals surface area contributed by atoms with Crippen LogP contribution in [-0.2, 0) is 4.79 Å². The summed E-state index contributed by atoms with van der Waals surface area (Å²) in [4.78, 5) is 26.2. The molecule has 0 radical (unpaired) electrons. The Morgan fingerprint density at radius 2 is 1.90 bits per heavy atom. The first-order valence-electron chi connectivity index (χ1n) is 5.98. The van der Waals surface area contributed by atoms with Crippen LogP contribution in [0.2, 0.25) is 0 Å². The first-order valence-corrected chi connectivity index (χ1v) is 6.78. The highest BCUT2D eigenvalue weighted by molar-refractivity contribution is 9.10. The number of nitrogens with zero attached hydrogens (tertiary/aromatic N) is 1. The van der Waals surface area contributed by atoms with Gasteiger partial charge in [0.25, 0.3) is 0 Å². The summed E-state index contributed by atoms with van der Waals surface area (Å²) in [6, 6.07) is 10.3. The molecule has 1 aromatic carbocycles. The van der Waals surface area contributed by atoms with E-state index >= 15 is 0 Å². The third-order valence-electron chi connectivity index (χ3n) is 2.54. The summed E-state index contributed by atoms with van der Waals surface area (Å²) in [5.74, 6) is -1.49. The lowest BCUT2D eigenvalue weighted by Gasteiger charge is -2.02. The SMILES string of the molecule is O=C(C=Cc1ccc(Br)cc1)Nc1ccnc(C(=O)O)c1. The number of benzene rings is 1. The molecule has 0 saturated carbocycles. The summed E-state index contributed by atoms with van der Waals surface area (Å²) in [6.07, 6.45) is 4.38. The maximum Gasteiger partial charge on any atom is 0.354 e. The molecule has 1 aromatic heterocycles. The lowest BCUT2D eigenvalue weighted by Crippen LogP contribution is -2.09. The molecule has 0 fully saturated rings. The smallest absolute Gasteiger partial charge is 0.354 e. The van der Waals surface area contributed by atoms with Crippen LogP contribution in [0, 0.1) is 0 Å². The minimum absolute atomic E-state index is 0.121. The van der Waals surface area contributed by atoms with Crippen LogP contribution in [0.15, 0.2) is 53.1 Å². The largest absolute Gasteiger partial charge is 0.477 e. The molecule has 106 valence electrons. The lowest BCUT2D eigenvalue weighted by atomic mass is 10.2. The number of rotatable bonds is 4. The number of aromatic nitrogens is 1. The number of carboxylic acids is 1. The van der Waals surface area contributed by atoms with Gasteiger partial charge in [0.2, 0.25) is 5.91 Å². The second kappa shape index (κ2) is 6.81. The van der Waals surface area contributed by atoms with Gasteiger partial charge in [0.1, 0.15) is 5.69 Å². The van der Waals surface area contributed by atoms with Crippen molar-refractivity contribution in [2.45, 2.75) is 0 Å². The van der Waals surface area contributed by atoms with Gasteiger partial charge in [0, 0.05) is 22.4 Å². The van der Waals surface area contributed by atoms with Crippen molar-refractivity contribution in [3.05, 3.63) is 64.4 Å². The monoisotopic (exact) mass is 346 g/mol. The fourth-order valence-electron chi connectivity index (χ4n) is 1.55. The molecule has 1 amide bonds. The average Bonchev–Trinajstić information content (AvgIpc) is 2.47. The first kappa shape index (κ1) is 14.9. The Bertz CT molecular complexity index is 696. The maximum absolute atomic E-state index is 11.8. The van der Waals surface area contributed by atoms with E-state index in [1.54, 1.807) is 6.08 Å². The van der Waals surface area contributed by atoms with Crippen LogP contribution in [0.3, 0.4) is 0 Å². The number of hydrogen-bond acceptors (Lipinski definition) is 3. The highest BCUT2D eigenvalue weighted by Gasteiger charge is 2.05. The Kier molecular flexibility index (Phi) is 4.84. The van der Waals surface area contributed by atoms with E-state index < -0.39 is 5.97 Å². The molecule has 0 aliphatic rings. The van der Waals surface area contributed by atoms with Gasteiger partial charge in [-0.25, -0.2) is 9.78 Å². The minimum Gasteiger partial charge on any atom is -0.477 e. The van der Waals surface area contributed by atoms with Gasteiger partial charge in [0.15, 0.2) is 0 Å². The van der Waals surface area contributed by atoms with E-state index in [9.17, 15) is 9.59 Å². The van der Waals surface area contributed by atoms with Crippen LogP contribution in [-0.4, -0.2) is 22.0 Å². The number of hydrogen-bond donors (Lipinski definition) is 2. The minimum atomic E-state index is -1.14. The third kappa shape index (κ3) is 4.54. The number of carbonyl (C=O) groups excluding carboxylic acids is 1. The average molecular weight is 347 g/mol. The van der Waals surface area contributed by atoms with Gasteiger partial charge in [-0.1, -0.05) is 28.1 Å². The number of pyridine rings is 1. The molecule has 0 atom stereocenters. The van der Waals surface area contributed by atoms with E-state index in [2.05, 4.69) is 26.2 Å². The summed E-state index contributed by atoms with van der Waals surface area (Å²) in [7, 11) is 0. The van der Waals surface area contributed by atoms with Crippen molar-refractivity contribution in [2.75, 3.05) is 5.32 Å². The van der Waals surface area contributed by atoms with Crippen molar-refractivity contribution in [1.82, 2.24) is 4.98 Å². The van der Waals surface area contributed by atoms with Crippen LogP contribution in [0.4, 0.5) is 5.69 Å². The van der Waals surface area contributed by atoms with Crippen LogP contribution in [0.1, 0.15) is 16.1 Å². The maximum atomic E-state index is 11.8. The van der Waals surface area contributed by atoms with Crippen molar-refractivity contribution in [3.8, 4) is 0 Å². The van der Waals surface area contributed by atoms with E-state index in [1.165, 1.54) is 24.4 Å². The van der Waals surface area contributed by atoms with E-state index in [1.807, 2.05) is 24.3 Å².